The molecule has 0 saturated carbocycles. The number of hydrogen-bond donors (Lipinski definition) is 1. The Hall–Kier alpha value is -0.120. The minimum absolute atomic E-state index is 0.565. The third-order valence-corrected chi connectivity index (χ3v) is 3.70. The normalized spacial score (nSPS) is 15.2. The van der Waals surface area contributed by atoms with Gasteiger partial charge in [-0.1, -0.05) is 33.6 Å². The molecule has 0 aromatic carbocycles. The predicted octanol–water partition coefficient (Wildman–Crippen LogP) is 3.37. The zero-order valence-electron chi connectivity index (χ0n) is 14.2. The van der Waals surface area contributed by atoms with Crippen LogP contribution < -0.4 is 5.43 Å². The van der Waals surface area contributed by atoms with Gasteiger partial charge >= 0.3 is 0 Å². The summed E-state index contributed by atoms with van der Waals surface area (Å²) in [6.07, 6.45) is 6.56. The molecule has 0 aromatic rings. The van der Waals surface area contributed by atoms with Gasteiger partial charge in [0.15, 0.2) is 0 Å². The highest BCUT2D eigenvalue weighted by Crippen LogP contribution is 2.12. The van der Waals surface area contributed by atoms with Gasteiger partial charge in [-0.25, -0.2) is 5.01 Å². The topological polar surface area (TPSA) is 18.5 Å². The molecule has 3 nitrogen and oxygen atoms in total. The van der Waals surface area contributed by atoms with Crippen LogP contribution >= 0.6 is 0 Å². The molecule has 0 aliphatic rings. The highest BCUT2D eigenvalue weighted by Gasteiger charge is 2.08. The molecule has 0 saturated heterocycles. The third-order valence-electron chi connectivity index (χ3n) is 3.70. The second-order valence-corrected chi connectivity index (χ2v) is 6.24. The fourth-order valence-electron chi connectivity index (χ4n) is 2.41. The average molecular weight is 271 g/mol. The molecule has 0 radical (unpaired) electrons. The van der Waals surface area contributed by atoms with Crippen LogP contribution in [0, 0.1) is 5.92 Å². The minimum Gasteiger partial charge on any atom is -0.309 e. The molecule has 0 spiro atoms. The summed E-state index contributed by atoms with van der Waals surface area (Å²) in [6, 6.07) is 0.565. The van der Waals surface area contributed by atoms with Crippen LogP contribution in [0.2, 0.25) is 0 Å². The standard InChI is InChI=1S/C16H37N3/c1-7-10-15(3)11-9-13-19(8-2)17-16(4)12-14-18(5)6/h15-17H,7-14H2,1-6H3. The van der Waals surface area contributed by atoms with Crippen LogP contribution in [-0.2, 0) is 0 Å². The van der Waals surface area contributed by atoms with Gasteiger partial charge in [-0.2, -0.15) is 0 Å². The Bertz CT molecular complexity index is 194. The van der Waals surface area contributed by atoms with Gasteiger partial charge in [0.1, 0.15) is 0 Å². The molecule has 0 aliphatic heterocycles. The van der Waals surface area contributed by atoms with E-state index in [0.717, 1.165) is 19.0 Å². The first kappa shape index (κ1) is 18.9. The summed E-state index contributed by atoms with van der Waals surface area (Å²) in [5, 5.41) is 2.39. The lowest BCUT2D eigenvalue weighted by Crippen LogP contribution is -2.44. The first-order chi connectivity index (χ1) is 8.99. The molecule has 3 heteroatoms. The summed E-state index contributed by atoms with van der Waals surface area (Å²) in [7, 11) is 4.28. The number of nitrogens with zero attached hydrogens (tertiary/aromatic N) is 2. The van der Waals surface area contributed by atoms with E-state index in [-0.39, 0.29) is 0 Å². The minimum atomic E-state index is 0.565. The maximum Gasteiger partial charge on any atom is 0.0199 e. The number of hydrogen-bond acceptors (Lipinski definition) is 3. The molecular formula is C16H37N3. The van der Waals surface area contributed by atoms with Crippen molar-refractivity contribution in [2.45, 2.75) is 65.8 Å². The van der Waals surface area contributed by atoms with Gasteiger partial charge < -0.3 is 4.90 Å². The molecule has 0 bridgehead atoms. The lowest BCUT2D eigenvalue weighted by Gasteiger charge is -2.27. The lowest BCUT2D eigenvalue weighted by atomic mass is 10.0. The van der Waals surface area contributed by atoms with Crippen molar-refractivity contribution in [2.75, 3.05) is 33.7 Å². The number of rotatable bonds is 12. The van der Waals surface area contributed by atoms with Crippen molar-refractivity contribution in [3.63, 3.8) is 0 Å². The van der Waals surface area contributed by atoms with Crippen molar-refractivity contribution in [1.29, 1.82) is 0 Å². The van der Waals surface area contributed by atoms with Crippen molar-refractivity contribution in [2.24, 2.45) is 5.92 Å². The SMILES string of the molecule is CCCC(C)CCCN(CC)NC(C)CCN(C)C. The van der Waals surface area contributed by atoms with Crippen molar-refractivity contribution in [3.8, 4) is 0 Å². The van der Waals surface area contributed by atoms with Crippen LogP contribution in [0.1, 0.15) is 59.8 Å². The molecule has 2 unspecified atom stereocenters. The second kappa shape index (κ2) is 11.7. The molecule has 116 valence electrons. The summed E-state index contributed by atoms with van der Waals surface area (Å²) in [5.74, 6) is 0.884. The Balaban J connectivity index is 3.75. The maximum atomic E-state index is 3.63. The predicted molar refractivity (Wildman–Crippen MR) is 86.3 cm³/mol. The summed E-state index contributed by atoms with van der Waals surface area (Å²) < 4.78 is 0. The Morgan fingerprint density at radius 2 is 1.63 bits per heavy atom. The van der Waals surface area contributed by atoms with Gasteiger partial charge in [0, 0.05) is 19.1 Å². The average Bonchev–Trinajstić information content (AvgIpc) is 2.35. The van der Waals surface area contributed by atoms with Crippen LogP contribution in [0.25, 0.3) is 0 Å². The van der Waals surface area contributed by atoms with E-state index in [1.54, 1.807) is 0 Å². The van der Waals surface area contributed by atoms with Gasteiger partial charge in [0.25, 0.3) is 0 Å². The van der Waals surface area contributed by atoms with Gasteiger partial charge in [0.05, 0.1) is 0 Å². The molecule has 1 N–H and O–H groups in total. The Morgan fingerprint density at radius 1 is 0.947 bits per heavy atom. The third kappa shape index (κ3) is 11.4. The molecule has 2 atom stereocenters. The van der Waals surface area contributed by atoms with Gasteiger partial charge in [-0.3, -0.25) is 5.43 Å². The molecule has 0 aliphatic carbocycles. The summed E-state index contributed by atoms with van der Waals surface area (Å²) >= 11 is 0. The number of nitrogens with one attached hydrogen (secondary N) is 1. The van der Waals surface area contributed by atoms with E-state index in [0.29, 0.717) is 6.04 Å². The highest BCUT2D eigenvalue weighted by atomic mass is 15.5. The van der Waals surface area contributed by atoms with Crippen molar-refractivity contribution in [3.05, 3.63) is 0 Å². The second-order valence-electron chi connectivity index (χ2n) is 6.24. The van der Waals surface area contributed by atoms with Gasteiger partial charge in [-0.05, 0) is 52.7 Å². The van der Waals surface area contributed by atoms with Crippen LogP contribution in [0.15, 0.2) is 0 Å². The molecular weight excluding hydrogens is 234 g/mol. The van der Waals surface area contributed by atoms with Crippen molar-refractivity contribution < 1.29 is 0 Å². The Kier molecular flexibility index (Phi) is 11.6. The quantitative estimate of drug-likeness (QED) is 0.549. The van der Waals surface area contributed by atoms with E-state index in [4.69, 9.17) is 0 Å². The smallest absolute Gasteiger partial charge is 0.0199 e. The molecule has 0 aromatic heterocycles. The zero-order valence-corrected chi connectivity index (χ0v) is 14.2. The van der Waals surface area contributed by atoms with E-state index in [1.165, 1.54) is 38.6 Å². The molecule has 0 amide bonds. The van der Waals surface area contributed by atoms with E-state index < -0.39 is 0 Å². The number of hydrazine groups is 1. The van der Waals surface area contributed by atoms with E-state index in [9.17, 15) is 0 Å². The van der Waals surface area contributed by atoms with E-state index in [2.05, 4.69) is 57.1 Å². The largest absolute Gasteiger partial charge is 0.309 e. The highest BCUT2D eigenvalue weighted by molar-refractivity contribution is 4.62. The monoisotopic (exact) mass is 271 g/mol. The summed E-state index contributed by atoms with van der Waals surface area (Å²) in [5.41, 5.74) is 3.63. The maximum absolute atomic E-state index is 3.63. The molecule has 0 heterocycles. The fraction of sp³-hybridized carbons (Fsp3) is 1.00. The molecule has 0 fully saturated rings. The van der Waals surface area contributed by atoms with Crippen molar-refractivity contribution >= 4 is 0 Å². The van der Waals surface area contributed by atoms with E-state index >= 15 is 0 Å². The summed E-state index contributed by atoms with van der Waals surface area (Å²) in [6.45, 7) is 12.6. The van der Waals surface area contributed by atoms with Crippen LogP contribution in [0.4, 0.5) is 0 Å². The van der Waals surface area contributed by atoms with Crippen molar-refractivity contribution in [1.82, 2.24) is 15.3 Å². The molecule has 19 heavy (non-hydrogen) atoms. The van der Waals surface area contributed by atoms with E-state index in [1.807, 2.05) is 0 Å². The molecule has 0 rings (SSSR count). The zero-order chi connectivity index (χ0) is 14.7. The Morgan fingerprint density at radius 3 is 2.16 bits per heavy atom. The summed E-state index contributed by atoms with van der Waals surface area (Å²) in [4.78, 5) is 2.25. The fourth-order valence-corrected chi connectivity index (χ4v) is 2.41. The lowest BCUT2D eigenvalue weighted by molar-refractivity contribution is 0.156. The van der Waals surface area contributed by atoms with Crippen LogP contribution in [0.5, 0.6) is 0 Å². The van der Waals surface area contributed by atoms with Gasteiger partial charge in [-0.15, -0.1) is 0 Å². The van der Waals surface area contributed by atoms with Crippen LogP contribution in [0.3, 0.4) is 0 Å². The Labute approximate surface area is 121 Å². The van der Waals surface area contributed by atoms with Crippen LogP contribution in [-0.4, -0.2) is 49.7 Å². The van der Waals surface area contributed by atoms with Gasteiger partial charge in [0.2, 0.25) is 0 Å². The first-order valence-electron chi connectivity index (χ1n) is 8.15. The first-order valence-corrected chi connectivity index (χ1v) is 8.15.